The predicted molar refractivity (Wildman–Crippen MR) is 95.5 cm³/mol. The molecule has 1 saturated heterocycles. The first-order valence-electron chi connectivity index (χ1n) is 8.53. The molecule has 2 atom stereocenters. The molecule has 0 aromatic carbocycles. The number of carbonyl (C=O) groups excluding carboxylic acids is 1. The maximum absolute atomic E-state index is 12.5. The zero-order valence-corrected chi connectivity index (χ0v) is 14.6. The Morgan fingerprint density at radius 1 is 1.40 bits per heavy atom. The molecule has 25 heavy (non-hydrogen) atoms. The largest absolute Gasteiger partial charge is 0.351 e. The number of anilines is 1. The zero-order valence-electron chi connectivity index (χ0n) is 14.6. The minimum absolute atomic E-state index is 0.00656. The number of hydrogen-bond donors (Lipinski definition) is 1. The van der Waals surface area contributed by atoms with Gasteiger partial charge in [0.1, 0.15) is 0 Å². The molecule has 1 N–H and O–H groups in total. The lowest BCUT2D eigenvalue weighted by atomic mass is 10.00. The molecular weight excluding hydrogens is 318 g/mol. The Hall–Kier alpha value is -2.70. The molecular formula is C18H23N5O2. The zero-order chi connectivity index (χ0) is 17.8. The fourth-order valence-electron chi connectivity index (χ4n) is 3.10. The average Bonchev–Trinajstić information content (AvgIpc) is 2.64. The van der Waals surface area contributed by atoms with E-state index in [1.807, 2.05) is 24.0 Å². The number of rotatable bonds is 4. The second kappa shape index (κ2) is 7.46. The summed E-state index contributed by atoms with van der Waals surface area (Å²) < 4.78 is 1.52. The molecule has 0 spiro atoms. The summed E-state index contributed by atoms with van der Waals surface area (Å²) >= 11 is 0. The van der Waals surface area contributed by atoms with Crippen LogP contribution in [-0.4, -0.2) is 39.6 Å². The van der Waals surface area contributed by atoms with Gasteiger partial charge in [0.05, 0.1) is 5.92 Å². The van der Waals surface area contributed by atoms with Gasteiger partial charge in [-0.2, -0.15) is 0 Å². The third-order valence-electron chi connectivity index (χ3n) is 4.64. The van der Waals surface area contributed by atoms with E-state index < -0.39 is 0 Å². The monoisotopic (exact) mass is 341 g/mol. The van der Waals surface area contributed by atoms with Crippen molar-refractivity contribution < 1.29 is 4.79 Å². The van der Waals surface area contributed by atoms with E-state index in [4.69, 9.17) is 0 Å². The fourth-order valence-corrected chi connectivity index (χ4v) is 3.10. The Kier molecular flexibility index (Phi) is 5.11. The molecule has 0 unspecified atom stereocenters. The van der Waals surface area contributed by atoms with Gasteiger partial charge in [-0.05, 0) is 31.4 Å². The van der Waals surface area contributed by atoms with Crippen molar-refractivity contribution in [1.29, 1.82) is 0 Å². The first-order valence-corrected chi connectivity index (χ1v) is 8.53. The molecule has 0 saturated carbocycles. The van der Waals surface area contributed by atoms with Gasteiger partial charge in [0, 0.05) is 51.0 Å². The number of hydrogen-bond acceptors (Lipinski definition) is 5. The van der Waals surface area contributed by atoms with E-state index in [2.05, 4.69) is 15.3 Å². The molecule has 1 fully saturated rings. The highest BCUT2D eigenvalue weighted by molar-refractivity contribution is 5.83. The molecule has 0 radical (unpaired) electrons. The predicted octanol–water partition coefficient (Wildman–Crippen LogP) is 1.06. The van der Waals surface area contributed by atoms with Crippen LogP contribution in [0.3, 0.4) is 0 Å². The number of piperidine rings is 1. The molecule has 2 aromatic rings. The van der Waals surface area contributed by atoms with Crippen molar-refractivity contribution >= 4 is 11.7 Å². The molecule has 1 amide bonds. The van der Waals surface area contributed by atoms with Gasteiger partial charge in [0.15, 0.2) is 5.82 Å². The first kappa shape index (κ1) is 17.1. The first-order chi connectivity index (χ1) is 12.1. The molecule has 1 aliphatic heterocycles. The maximum Gasteiger partial charge on any atom is 0.293 e. The molecule has 7 nitrogen and oxygen atoms in total. The molecule has 132 valence electrons. The highest BCUT2D eigenvalue weighted by Crippen LogP contribution is 2.17. The van der Waals surface area contributed by atoms with E-state index in [-0.39, 0.29) is 23.4 Å². The molecule has 3 rings (SSSR count). The summed E-state index contributed by atoms with van der Waals surface area (Å²) in [7, 11) is 1.71. The Bertz CT molecular complexity index is 790. The van der Waals surface area contributed by atoms with Crippen molar-refractivity contribution in [2.75, 3.05) is 18.0 Å². The molecule has 7 heteroatoms. The number of aryl methyl sites for hydroxylation is 1. The van der Waals surface area contributed by atoms with Crippen LogP contribution in [0.4, 0.5) is 5.82 Å². The van der Waals surface area contributed by atoms with Crippen LogP contribution in [0.15, 0.2) is 41.7 Å². The van der Waals surface area contributed by atoms with Gasteiger partial charge in [-0.1, -0.05) is 6.07 Å². The lowest BCUT2D eigenvalue weighted by Gasteiger charge is -2.34. The SMILES string of the molecule is C[C@@H](C(=O)N[C@H]1CCCN(c2nccn(C)c2=O)C1)c1cccnc1. The Balaban J connectivity index is 1.66. The van der Waals surface area contributed by atoms with Crippen molar-refractivity contribution in [3.05, 3.63) is 52.8 Å². The second-order valence-electron chi connectivity index (χ2n) is 6.47. The summed E-state index contributed by atoms with van der Waals surface area (Å²) in [5.74, 6) is 0.171. The highest BCUT2D eigenvalue weighted by Gasteiger charge is 2.26. The van der Waals surface area contributed by atoms with Crippen molar-refractivity contribution in [2.24, 2.45) is 7.05 Å². The number of carbonyl (C=O) groups is 1. The number of nitrogens with zero attached hydrogens (tertiary/aromatic N) is 4. The molecule has 1 aliphatic rings. The van der Waals surface area contributed by atoms with Gasteiger partial charge in [-0.25, -0.2) is 4.98 Å². The summed E-state index contributed by atoms with van der Waals surface area (Å²) in [4.78, 5) is 35.1. The standard InChI is InChI=1S/C18H23N5O2/c1-13(14-5-3-7-19-11-14)17(24)21-15-6-4-9-23(12-15)16-18(25)22(2)10-8-20-16/h3,5,7-8,10-11,13,15H,4,6,9,12H2,1-2H3,(H,21,24)/t13-,15+/m1/s1. The summed E-state index contributed by atoms with van der Waals surface area (Å²) in [5, 5.41) is 3.11. The smallest absolute Gasteiger partial charge is 0.293 e. The van der Waals surface area contributed by atoms with Gasteiger partial charge >= 0.3 is 0 Å². The van der Waals surface area contributed by atoms with E-state index >= 15 is 0 Å². The Morgan fingerprint density at radius 3 is 3.00 bits per heavy atom. The van der Waals surface area contributed by atoms with Crippen molar-refractivity contribution in [1.82, 2.24) is 19.9 Å². The lowest BCUT2D eigenvalue weighted by Crippen LogP contribution is -2.50. The lowest BCUT2D eigenvalue weighted by molar-refractivity contribution is -0.123. The van der Waals surface area contributed by atoms with Crippen molar-refractivity contribution in [3.8, 4) is 0 Å². The Morgan fingerprint density at radius 2 is 2.24 bits per heavy atom. The number of pyridine rings is 1. The third-order valence-corrected chi connectivity index (χ3v) is 4.64. The number of aromatic nitrogens is 3. The maximum atomic E-state index is 12.5. The summed E-state index contributed by atoms with van der Waals surface area (Å²) in [6, 6.07) is 3.74. The van der Waals surface area contributed by atoms with Crippen LogP contribution in [0.25, 0.3) is 0 Å². The summed E-state index contributed by atoms with van der Waals surface area (Å²) in [5.41, 5.74) is 0.782. The van der Waals surface area contributed by atoms with Crippen molar-refractivity contribution in [2.45, 2.75) is 31.7 Å². The van der Waals surface area contributed by atoms with Gasteiger partial charge in [0.2, 0.25) is 5.91 Å². The van der Waals surface area contributed by atoms with Gasteiger partial charge in [-0.3, -0.25) is 14.6 Å². The topological polar surface area (TPSA) is 80.1 Å². The quantitative estimate of drug-likeness (QED) is 0.900. The average molecular weight is 341 g/mol. The van der Waals surface area contributed by atoms with Crippen molar-refractivity contribution in [3.63, 3.8) is 0 Å². The summed E-state index contributed by atoms with van der Waals surface area (Å²) in [6.45, 7) is 3.25. The normalized spacial score (nSPS) is 18.6. The molecule has 2 aromatic heterocycles. The second-order valence-corrected chi connectivity index (χ2v) is 6.47. The van der Waals surface area contributed by atoms with Crippen LogP contribution in [-0.2, 0) is 11.8 Å². The summed E-state index contributed by atoms with van der Waals surface area (Å²) in [6.07, 6.45) is 8.49. The number of nitrogens with one attached hydrogen (secondary N) is 1. The minimum atomic E-state index is -0.258. The van der Waals surface area contributed by atoms with Crippen LogP contribution in [0.2, 0.25) is 0 Å². The van der Waals surface area contributed by atoms with E-state index in [1.54, 1.807) is 31.8 Å². The molecule has 0 aliphatic carbocycles. The van der Waals surface area contributed by atoms with E-state index in [1.165, 1.54) is 4.57 Å². The van der Waals surface area contributed by atoms with Crippen LogP contribution >= 0.6 is 0 Å². The van der Waals surface area contributed by atoms with Gasteiger partial charge in [0.25, 0.3) is 5.56 Å². The molecule has 0 bridgehead atoms. The number of amides is 1. The minimum Gasteiger partial charge on any atom is -0.351 e. The molecule has 3 heterocycles. The van der Waals surface area contributed by atoms with Gasteiger partial charge in [-0.15, -0.1) is 0 Å². The van der Waals surface area contributed by atoms with E-state index in [9.17, 15) is 9.59 Å². The fraction of sp³-hybridized carbons (Fsp3) is 0.444. The van der Waals surface area contributed by atoms with Gasteiger partial charge < -0.3 is 14.8 Å². The van der Waals surface area contributed by atoms with Crippen LogP contribution in [0.1, 0.15) is 31.2 Å². The van der Waals surface area contributed by atoms with Crippen LogP contribution < -0.4 is 15.8 Å². The van der Waals surface area contributed by atoms with E-state index in [0.29, 0.717) is 12.4 Å². The van der Waals surface area contributed by atoms with E-state index in [0.717, 1.165) is 24.9 Å². The van der Waals surface area contributed by atoms with Crippen LogP contribution in [0, 0.1) is 0 Å². The third kappa shape index (κ3) is 3.87. The Labute approximate surface area is 146 Å². The highest BCUT2D eigenvalue weighted by atomic mass is 16.2. The van der Waals surface area contributed by atoms with Crippen LogP contribution in [0.5, 0.6) is 0 Å².